The van der Waals surface area contributed by atoms with Crippen molar-refractivity contribution in [3.05, 3.63) is 53.1 Å². The summed E-state index contributed by atoms with van der Waals surface area (Å²) in [7, 11) is 0. The van der Waals surface area contributed by atoms with Crippen LogP contribution >= 0.6 is 11.6 Å². The van der Waals surface area contributed by atoms with Gasteiger partial charge in [-0.1, -0.05) is 17.7 Å². The van der Waals surface area contributed by atoms with E-state index in [1.807, 2.05) is 19.1 Å². The van der Waals surface area contributed by atoms with Gasteiger partial charge in [0.05, 0.1) is 0 Å². The van der Waals surface area contributed by atoms with Crippen LogP contribution in [0.3, 0.4) is 0 Å². The smallest absolute Gasteiger partial charge is 0.262 e. The monoisotopic (exact) mass is 358 g/mol. The minimum Gasteiger partial charge on any atom is -0.484 e. The molecule has 1 aliphatic heterocycles. The number of hydrogen-bond donors (Lipinski definition) is 1. The third kappa shape index (κ3) is 4.12. The van der Waals surface area contributed by atoms with E-state index in [4.69, 9.17) is 16.3 Å². The minimum atomic E-state index is -0.260. The van der Waals surface area contributed by atoms with Crippen LogP contribution < -0.4 is 15.0 Å². The first-order valence-corrected chi connectivity index (χ1v) is 8.50. The van der Waals surface area contributed by atoms with Crippen molar-refractivity contribution in [2.45, 2.75) is 19.8 Å². The third-order valence-corrected chi connectivity index (χ3v) is 4.54. The highest BCUT2D eigenvalue weighted by atomic mass is 35.5. The molecular formula is C19H19ClN2O3. The summed E-state index contributed by atoms with van der Waals surface area (Å²) < 4.78 is 5.51. The molecule has 6 heteroatoms. The number of nitrogens with one attached hydrogen (secondary N) is 1. The normalized spacial score (nSPS) is 13.8. The Morgan fingerprint density at radius 1 is 1.24 bits per heavy atom. The van der Waals surface area contributed by atoms with Crippen LogP contribution in [-0.4, -0.2) is 25.0 Å². The zero-order valence-corrected chi connectivity index (χ0v) is 14.7. The van der Waals surface area contributed by atoms with E-state index < -0.39 is 0 Å². The summed E-state index contributed by atoms with van der Waals surface area (Å²) in [6.07, 6.45) is 1.49. The van der Waals surface area contributed by atoms with E-state index in [0.717, 1.165) is 24.2 Å². The molecule has 0 unspecified atom stereocenters. The topological polar surface area (TPSA) is 58.6 Å². The predicted molar refractivity (Wildman–Crippen MR) is 98.3 cm³/mol. The molecule has 0 atom stereocenters. The zero-order valence-electron chi connectivity index (χ0n) is 13.9. The molecule has 130 valence electrons. The number of hydrogen-bond acceptors (Lipinski definition) is 3. The zero-order chi connectivity index (χ0) is 17.8. The molecule has 0 aromatic heterocycles. The lowest BCUT2D eigenvalue weighted by Gasteiger charge is -2.16. The van der Waals surface area contributed by atoms with Gasteiger partial charge in [-0.25, -0.2) is 0 Å². The third-order valence-electron chi connectivity index (χ3n) is 4.13. The lowest BCUT2D eigenvalue weighted by Crippen LogP contribution is -2.23. The van der Waals surface area contributed by atoms with Crippen LogP contribution in [-0.2, 0) is 9.59 Å². The molecule has 1 N–H and O–H groups in total. The van der Waals surface area contributed by atoms with Crippen molar-refractivity contribution < 1.29 is 14.3 Å². The second kappa shape index (κ2) is 7.57. The maximum Gasteiger partial charge on any atom is 0.262 e. The van der Waals surface area contributed by atoms with Gasteiger partial charge >= 0.3 is 0 Å². The van der Waals surface area contributed by atoms with Crippen molar-refractivity contribution in [2.24, 2.45) is 0 Å². The number of amides is 2. The molecule has 0 spiro atoms. The summed E-state index contributed by atoms with van der Waals surface area (Å²) in [4.78, 5) is 25.5. The first kappa shape index (κ1) is 17.3. The molecule has 5 nitrogen and oxygen atoms in total. The summed E-state index contributed by atoms with van der Waals surface area (Å²) in [5.41, 5.74) is 2.34. The van der Waals surface area contributed by atoms with Crippen LogP contribution in [0.25, 0.3) is 0 Å². The molecule has 0 aliphatic carbocycles. The Kier molecular flexibility index (Phi) is 5.24. The number of ether oxygens (including phenoxy) is 1. The maximum absolute atomic E-state index is 12.0. The van der Waals surface area contributed by atoms with E-state index in [1.165, 1.54) is 0 Å². The van der Waals surface area contributed by atoms with Gasteiger partial charge in [0, 0.05) is 29.4 Å². The van der Waals surface area contributed by atoms with Crippen LogP contribution in [0.15, 0.2) is 42.5 Å². The van der Waals surface area contributed by atoms with Gasteiger partial charge in [0.25, 0.3) is 5.91 Å². The standard InChI is InChI=1S/C19H19ClN2O3/c1-13-16(20)4-2-5-17(13)21-18(23)12-25-15-9-7-14(8-10-15)22-11-3-6-19(22)24/h2,4-5,7-10H,3,6,11-12H2,1H3,(H,21,23). The first-order valence-electron chi connectivity index (χ1n) is 8.13. The summed E-state index contributed by atoms with van der Waals surface area (Å²) in [6, 6.07) is 12.5. The number of nitrogens with zero attached hydrogens (tertiary/aromatic N) is 1. The number of rotatable bonds is 5. The van der Waals surface area contributed by atoms with Gasteiger partial charge in [0.1, 0.15) is 5.75 Å². The summed E-state index contributed by atoms with van der Waals surface area (Å²) >= 11 is 6.04. The van der Waals surface area contributed by atoms with E-state index in [0.29, 0.717) is 22.9 Å². The lowest BCUT2D eigenvalue weighted by molar-refractivity contribution is -0.118. The predicted octanol–water partition coefficient (Wildman–Crippen LogP) is 3.79. The van der Waals surface area contributed by atoms with Gasteiger partial charge in [-0.05, 0) is 55.3 Å². The van der Waals surface area contributed by atoms with E-state index in [1.54, 1.807) is 35.2 Å². The first-order chi connectivity index (χ1) is 12.0. The van der Waals surface area contributed by atoms with Gasteiger partial charge in [0.2, 0.25) is 5.91 Å². The molecule has 1 saturated heterocycles. The van der Waals surface area contributed by atoms with Gasteiger partial charge in [-0.15, -0.1) is 0 Å². The van der Waals surface area contributed by atoms with E-state index >= 15 is 0 Å². The highest BCUT2D eigenvalue weighted by Crippen LogP contribution is 2.24. The van der Waals surface area contributed by atoms with Crippen molar-refractivity contribution in [1.82, 2.24) is 0 Å². The molecule has 0 saturated carbocycles. The Morgan fingerprint density at radius 3 is 2.68 bits per heavy atom. The van der Waals surface area contributed by atoms with E-state index in [9.17, 15) is 9.59 Å². The SMILES string of the molecule is Cc1c(Cl)cccc1NC(=O)COc1ccc(N2CCCC2=O)cc1. The largest absolute Gasteiger partial charge is 0.484 e. The Morgan fingerprint density at radius 2 is 2.00 bits per heavy atom. The lowest BCUT2D eigenvalue weighted by atomic mass is 10.2. The van der Waals surface area contributed by atoms with Crippen molar-refractivity contribution in [1.29, 1.82) is 0 Å². The number of halogens is 1. The summed E-state index contributed by atoms with van der Waals surface area (Å²) in [5.74, 6) is 0.461. The Labute approximate surface area is 151 Å². The van der Waals surface area contributed by atoms with E-state index in [-0.39, 0.29) is 18.4 Å². The average molecular weight is 359 g/mol. The van der Waals surface area contributed by atoms with Crippen molar-refractivity contribution in [3.63, 3.8) is 0 Å². The Hall–Kier alpha value is -2.53. The number of benzene rings is 2. The fourth-order valence-corrected chi connectivity index (χ4v) is 2.90. The molecule has 0 bridgehead atoms. The van der Waals surface area contributed by atoms with E-state index in [2.05, 4.69) is 5.32 Å². The molecule has 2 aromatic carbocycles. The fraction of sp³-hybridized carbons (Fsp3) is 0.263. The molecule has 3 rings (SSSR count). The number of carbonyl (C=O) groups is 2. The molecule has 1 aliphatic rings. The van der Waals surface area contributed by atoms with Gasteiger partial charge in [-0.2, -0.15) is 0 Å². The van der Waals surface area contributed by atoms with Crippen LogP contribution in [0.5, 0.6) is 5.75 Å². The second-order valence-corrected chi connectivity index (χ2v) is 6.30. The Balaban J connectivity index is 1.55. The molecule has 25 heavy (non-hydrogen) atoms. The van der Waals surface area contributed by atoms with Crippen LogP contribution in [0.1, 0.15) is 18.4 Å². The fourth-order valence-electron chi connectivity index (χ4n) is 2.72. The van der Waals surface area contributed by atoms with Crippen molar-refractivity contribution in [2.75, 3.05) is 23.4 Å². The molecule has 1 heterocycles. The molecule has 0 radical (unpaired) electrons. The minimum absolute atomic E-state index is 0.103. The van der Waals surface area contributed by atoms with Crippen molar-refractivity contribution in [3.8, 4) is 5.75 Å². The molecule has 2 amide bonds. The number of carbonyl (C=O) groups excluding carboxylic acids is 2. The molecular weight excluding hydrogens is 340 g/mol. The summed E-state index contributed by atoms with van der Waals surface area (Å²) in [6.45, 7) is 2.49. The molecule has 2 aromatic rings. The van der Waals surface area contributed by atoms with Crippen LogP contribution in [0, 0.1) is 6.92 Å². The van der Waals surface area contributed by atoms with Gasteiger partial charge in [-0.3, -0.25) is 9.59 Å². The second-order valence-electron chi connectivity index (χ2n) is 5.89. The maximum atomic E-state index is 12.0. The van der Waals surface area contributed by atoms with Gasteiger partial charge < -0.3 is 15.0 Å². The summed E-state index contributed by atoms with van der Waals surface area (Å²) in [5, 5.41) is 3.38. The number of anilines is 2. The van der Waals surface area contributed by atoms with Gasteiger partial charge in [0.15, 0.2) is 6.61 Å². The average Bonchev–Trinajstić information content (AvgIpc) is 3.04. The van der Waals surface area contributed by atoms with Crippen molar-refractivity contribution >= 4 is 34.8 Å². The highest BCUT2D eigenvalue weighted by molar-refractivity contribution is 6.31. The quantitative estimate of drug-likeness (QED) is 0.884. The van der Waals surface area contributed by atoms with Crippen LogP contribution in [0.2, 0.25) is 5.02 Å². The molecule has 1 fully saturated rings. The highest BCUT2D eigenvalue weighted by Gasteiger charge is 2.21. The van der Waals surface area contributed by atoms with Crippen LogP contribution in [0.4, 0.5) is 11.4 Å². The Bertz CT molecular complexity index is 790.